The first kappa shape index (κ1) is 15.4. The highest BCUT2D eigenvalue weighted by Crippen LogP contribution is 2.22. The van der Waals surface area contributed by atoms with Gasteiger partial charge in [-0.3, -0.25) is 4.79 Å². The average molecular weight is 268 g/mol. The number of nitrogens with one attached hydrogen (secondary N) is 2. The van der Waals surface area contributed by atoms with Gasteiger partial charge in [-0.05, 0) is 32.5 Å². The molecular formula is C14H21FN2O2. The SMILES string of the molecule is CCN[C@H](C)CNC(=O)c1cccc(F)c1OCC. The number of hydrogen-bond donors (Lipinski definition) is 2. The van der Waals surface area contributed by atoms with Crippen LogP contribution in [0.2, 0.25) is 0 Å². The molecule has 0 saturated heterocycles. The third-order valence-corrected chi connectivity index (χ3v) is 2.62. The zero-order chi connectivity index (χ0) is 14.3. The fourth-order valence-corrected chi connectivity index (χ4v) is 1.74. The van der Waals surface area contributed by atoms with Gasteiger partial charge in [-0.1, -0.05) is 13.0 Å². The van der Waals surface area contributed by atoms with E-state index in [1.54, 1.807) is 13.0 Å². The van der Waals surface area contributed by atoms with Gasteiger partial charge in [-0.25, -0.2) is 4.39 Å². The Labute approximate surface area is 113 Å². The number of likely N-dealkylation sites (N-methyl/N-ethyl adjacent to an activating group) is 1. The summed E-state index contributed by atoms with van der Waals surface area (Å²) in [6.45, 7) is 7.35. The van der Waals surface area contributed by atoms with Crippen molar-refractivity contribution in [3.05, 3.63) is 29.6 Å². The summed E-state index contributed by atoms with van der Waals surface area (Å²) in [5.74, 6) is -0.833. The molecule has 1 aromatic rings. The Morgan fingerprint density at radius 3 is 2.79 bits per heavy atom. The van der Waals surface area contributed by atoms with Crippen molar-refractivity contribution >= 4 is 5.91 Å². The topological polar surface area (TPSA) is 50.4 Å². The zero-order valence-electron chi connectivity index (χ0n) is 11.6. The zero-order valence-corrected chi connectivity index (χ0v) is 11.6. The van der Waals surface area contributed by atoms with Gasteiger partial charge in [0.1, 0.15) is 0 Å². The quantitative estimate of drug-likeness (QED) is 0.794. The van der Waals surface area contributed by atoms with E-state index in [0.717, 1.165) is 6.54 Å². The average Bonchev–Trinajstić information content (AvgIpc) is 2.39. The normalized spacial score (nSPS) is 12.0. The number of halogens is 1. The van der Waals surface area contributed by atoms with Crippen LogP contribution in [0.3, 0.4) is 0 Å². The number of para-hydroxylation sites is 1. The van der Waals surface area contributed by atoms with E-state index < -0.39 is 5.82 Å². The standard InChI is InChI=1S/C14H21FN2O2/c1-4-16-10(3)9-17-14(18)11-7-6-8-12(15)13(11)19-5-2/h6-8,10,16H,4-5,9H2,1-3H3,(H,17,18)/t10-/m1/s1. The summed E-state index contributed by atoms with van der Waals surface area (Å²) in [5.41, 5.74) is 0.227. The number of rotatable bonds is 7. The third kappa shape index (κ3) is 4.52. The molecule has 1 atom stereocenters. The molecule has 1 rings (SSSR count). The molecule has 0 aromatic heterocycles. The van der Waals surface area contributed by atoms with Crippen LogP contribution < -0.4 is 15.4 Å². The maximum Gasteiger partial charge on any atom is 0.255 e. The summed E-state index contributed by atoms with van der Waals surface area (Å²) in [7, 11) is 0. The van der Waals surface area contributed by atoms with E-state index in [9.17, 15) is 9.18 Å². The molecule has 19 heavy (non-hydrogen) atoms. The monoisotopic (exact) mass is 268 g/mol. The smallest absolute Gasteiger partial charge is 0.255 e. The van der Waals surface area contributed by atoms with Crippen LogP contribution in [-0.4, -0.2) is 31.6 Å². The maximum atomic E-state index is 13.6. The maximum absolute atomic E-state index is 13.6. The lowest BCUT2D eigenvalue weighted by Crippen LogP contribution is -2.38. The van der Waals surface area contributed by atoms with E-state index in [2.05, 4.69) is 10.6 Å². The fourth-order valence-electron chi connectivity index (χ4n) is 1.74. The number of ether oxygens (including phenoxy) is 1. The predicted molar refractivity (Wildman–Crippen MR) is 73.0 cm³/mol. The van der Waals surface area contributed by atoms with Gasteiger partial charge in [0, 0.05) is 12.6 Å². The van der Waals surface area contributed by atoms with E-state index in [-0.39, 0.29) is 23.3 Å². The fraction of sp³-hybridized carbons (Fsp3) is 0.500. The minimum absolute atomic E-state index is 0.0126. The van der Waals surface area contributed by atoms with Crippen LogP contribution >= 0.6 is 0 Å². The first-order valence-electron chi connectivity index (χ1n) is 6.53. The van der Waals surface area contributed by atoms with Crippen molar-refractivity contribution in [2.24, 2.45) is 0 Å². The lowest BCUT2D eigenvalue weighted by molar-refractivity contribution is 0.0945. The van der Waals surface area contributed by atoms with E-state index in [1.165, 1.54) is 12.1 Å². The van der Waals surface area contributed by atoms with Crippen molar-refractivity contribution in [2.75, 3.05) is 19.7 Å². The highest BCUT2D eigenvalue weighted by atomic mass is 19.1. The first-order valence-corrected chi connectivity index (χ1v) is 6.53. The van der Waals surface area contributed by atoms with Crippen molar-refractivity contribution in [1.82, 2.24) is 10.6 Å². The Morgan fingerprint density at radius 2 is 2.16 bits per heavy atom. The minimum Gasteiger partial charge on any atom is -0.490 e. The van der Waals surface area contributed by atoms with Gasteiger partial charge in [0.25, 0.3) is 5.91 Å². The molecule has 0 radical (unpaired) electrons. The van der Waals surface area contributed by atoms with Crippen LogP contribution in [0.4, 0.5) is 4.39 Å². The van der Waals surface area contributed by atoms with Crippen LogP contribution in [0.5, 0.6) is 5.75 Å². The van der Waals surface area contributed by atoms with Gasteiger partial charge in [0.2, 0.25) is 0 Å². The van der Waals surface area contributed by atoms with E-state index in [0.29, 0.717) is 13.2 Å². The predicted octanol–water partition coefficient (Wildman–Crippen LogP) is 1.95. The molecule has 0 aliphatic carbocycles. The van der Waals surface area contributed by atoms with Gasteiger partial charge in [0.15, 0.2) is 11.6 Å². The Balaban J connectivity index is 2.73. The van der Waals surface area contributed by atoms with Crippen molar-refractivity contribution in [3.63, 3.8) is 0 Å². The molecule has 5 heteroatoms. The number of benzene rings is 1. The third-order valence-electron chi connectivity index (χ3n) is 2.62. The molecule has 0 unspecified atom stereocenters. The molecule has 0 aliphatic heterocycles. The molecule has 0 heterocycles. The number of carbonyl (C=O) groups is 1. The van der Waals surface area contributed by atoms with E-state index in [1.807, 2.05) is 13.8 Å². The van der Waals surface area contributed by atoms with E-state index in [4.69, 9.17) is 4.74 Å². The van der Waals surface area contributed by atoms with Gasteiger partial charge in [-0.2, -0.15) is 0 Å². The van der Waals surface area contributed by atoms with Crippen LogP contribution in [0.25, 0.3) is 0 Å². The molecule has 0 bridgehead atoms. The summed E-state index contributed by atoms with van der Waals surface area (Å²) in [4.78, 5) is 12.0. The Bertz CT molecular complexity index is 424. The van der Waals surface area contributed by atoms with Crippen LogP contribution in [0.15, 0.2) is 18.2 Å². The molecule has 0 saturated carbocycles. The lowest BCUT2D eigenvalue weighted by atomic mass is 10.1. The lowest BCUT2D eigenvalue weighted by Gasteiger charge is -2.15. The van der Waals surface area contributed by atoms with Gasteiger partial charge < -0.3 is 15.4 Å². The molecule has 1 amide bonds. The number of amides is 1. The summed E-state index contributed by atoms with van der Waals surface area (Å²) in [6, 6.07) is 4.50. The molecule has 0 spiro atoms. The molecule has 2 N–H and O–H groups in total. The second kappa shape index (κ2) is 7.74. The first-order chi connectivity index (χ1) is 9.10. The Hall–Kier alpha value is -1.62. The van der Waals surface area contributed by atoms with Crippen molar-refractivity contribution < 1.29 is 13.9 Å². The molecule has 106 valence electrons. The van der Waals surface area contributed by atoms with Crippen LogP contribution in [0.1, 0.15) is 31.1 Å². The molecule has 4 nitrogen and oxygen atoms in total. The molecular weight excluding hydrogens is 247 g/mol. The minimum atomic E-state index is -0.519. The Morgan fingerprint density at radius 1 is 1.42 bits per heavy atom. The van der Waals surface area contributed by atoms with Gasteiger partial charge >= 0.3 is 0 Å². The number of hydrogen-bond acceptors (Lipinski definition) is 3. The van der Waals surface area contributed by atoms with E-state index >= 15 is 0 Å². The van der Waals surface area contributed by atoms with Crippen molar-refractivity contribution in [2.45, 2.75) is 26.8 Å². The summed E-state index contributed by atoms with van der Waals surface area (Å²) < 4.78 is 18.8. The van der Waals surface area contributed by atoms with Crippen LogP contribution in [0, 0.1) is 5.82 Å². The van der Waals surface area contributed by atoms with Gasteiger partial charge in [-0.15, -0.1) is 0 Å². The largest absolute Gasteiger partial charge is 0.490 e. The molecule has 0 aliphatic rings. The second-order valence-electron chi connectivity index (χ2n) is 4.22. The highest BCUT2D eigenvalue weighted by Gasteiger charge is 2.16. The molecule has 0 fully saturated rings. The van der Waals surface area contributed by atoms with Crippen molar-refractivity contribution in [1.29, 1.82) is 0 Å². The Kier molecular flexibility index (Phi) is 6.29. The van der Waals surface area contributed by atoms with Crippen molar-refractivity contribution in [3.8, 4) is 5.75 Å². The van der Waals surface area contributed by atoms with Crippen LogP contribution in [-0.2, 0) is 0 Å². The van der Waals surface area contributed by atoms with Gasteiger partial charge in [0.05, 0.1) is 12.2 Å². The second-order valence-corrected chi connectivity index (χ2v) is 4.22. The summed E-state index contributed by atoms with van der Waals surface area (Å²) in [6.07, 6.45) is 0. The summed E-state index contributed by atoms with van der Waals surface area (Å²) in [5, 5.41) is 5.94. The molecule has 1 aromatic carbocycles. The highest BCUT2D eigenvalue weighted by molar-refractivity contribution is 5.97. The summed E-state index contributed by atoms with van der Waals surface area (Å²) >= 11 is 0. The number of carbonyl (C=O) groups excluding carboxylic acids is 1.